The molecule has 0 unspecified atom stereocenters. The zero-order valence-corrected chi connectivity index (χ0v) is 8.86. The van der Waals surface area contributed by atoms with E-state index in [1.54, 1.807) is 0 Å². The molecule has 0 aliphatic carbocycles. The van der Waals surface area contributed by atoms with Gasteiger partial charge in [0.05, 0.1) is 22.8 Å². The van der Waals surface area contributed by atoms with Crippen LogP contribution >= 0.6 is 0 Å². The Bertz CT molecular complexity index is 685. The first kappa shape index (κ1) is 13.4. The predicted molar refractivity (Wildman–Crippen MR) is 52.4 cm³/mol. The highest BCUT2D eigenvalue weighted by molar-refractivity contribution is 5.82. The fourth-order valence-corrected chi connectivity index (χ4v) is 1.57. The smallest absolute Gasteiger partial charge is 0.287 e. The third-order valence-electron chi connectivity index (χ3n) is 2.39. The quantitative estimate of drug-likeness (QED) is 0.755. The molecule has 2 aromatic rings. The van der Waals surface area contributed by atoms with Gasteiger partial charge in [-0.2, -0.15) is 31.4 Å². The molecule has 0 fully saturated rings. The Balaban J connectivity index is 2.93. The zero-order valence-electron chi connectivity index (χ0n) is 8.86. The molecule has 0 aliphatic heterocycles. The number of halogens is 6. The van der Waals surface area contributed by atoms with Crippen molar-refractivity contribution in [1.82, 2.24) is 10.2 Å². The third-order valence-corrected chi connectivity index (χ3v) is 2.39. The number of nitrogens with one attached hydrogen (secondary N) is 1. The van der Waals surface area contributed by atoms with Crippen LogP contribution in [0.2, 0.25) is 0 Å². The molecule has 0 aliphatic rings. The maximum Gasteiger partial charge on any atom is 0.418 e. The van der Waals surface area contributed by atoms with Crippen molar-refractivity contribution < 1.29 is 26.3 Å². The number of hydrogen-bond donors (Lipinski definition) is 1. The van der Waals surface area contributed by atoms with Gasteiger partial charge in [0, 0.05) is 5.39 Å². The summed E-state index contributed by atoms with van der Waals surface area (Å²) in [5.41, 5.74) is -4.91. The van der Waals surface area contributed by atoms with Gasteiger partial charge in [0.1, 0.15) is 0 Å². The molecule has 3 nitrogen and oxygen atoms in total. The second kappa shape index (κ2) is 3.97. The maximum atomic E-state index is 12.7. The Hall–Kier alpha value is -2.06. The summed E-state index contributed by atoms with van der Waals surface area (Å²) in [4.78, 5) is 11.3. The molecule has 1 aromatic heterocycles. The molecule has 0 spiro atoms. The first-order valence-electron chi connectivity index (χ1n) is 4.76. The Labute approximate surface area is 100 Å². The van der Waals surface area contributed by atoms with Crippen LogP contribution in [0.1, 0.15) is 11.1 Å². The van der Waals surface area contributed by atoms with Crippen LogP contribution in [0.3, 0.4) is 0 Å². The minimum absolute atomic E-state index is 0.0556. The van der Waals surface area contributed by atoms with Crippen LogP contribution in [-0.4, -0.2) is 10.2 Å². The van der Waals surface area contributed by atoms with Crippen LogP contribution in [0.4, 0.5) is 26.3 Å². The lowest BCUT2D eigenvalue weighted by Gasteiger charge is -2.13. The molecule has 0 saturated heterocycles. The van der Waals surface area contributed by atoms with E-state index in [2.05, 4.69) is 5.10 Å². The van der Waals surface area contributed by atoms with Crippen molar-refractivity contribution in [3.63, 3.8) is 0 Å². The molecule has 0 radical (unpaired) electrons. The molecule has 2 rings (SSSR count). The molecule has 0 atom stereocenters. The number of alkyl halides is 6. The van der Waals surface area contributed by atoms with E-state index in [0.717, 1.165) is 0 Å². The molecule has 102 valence electrons. The molecule has 19 heavy (non-hydrogen) atoms. The number of fused-ring (bicyclic) bond motifs is 1. The summed E-state index contributed by atoms with van der Waals surface area (Å²) in [5.74, 6) is 0. The molecule has 0 saturated carbocycles. The Morgan fingerprint density at radius 3 is 2.16 bits per heavy atom. The fourth-order valence-electron chi connectivity index (χ4n) is 1.57. The second-order valence-corrected chi connectivity index (χ2v) is 3.68. The monoisotopic (exact) mass is 282 g/mol. The summed E-state index contributed by atoms with van der Waals surface area (Å²) in [5, 5.41) is 4.36. The van der Waals surface area contributed by atoms with Gasteiger partial charge in [-0.25, -0.2) is 0 Å². The molecular formula is C10H4F6N2O. The van der Waals surface area contributed by atoms with Gasteiger partial charge >= 0.3 is 12.4 Å². The van der Waals surface area contributed by atoms with Gasteiger partial charge in [-0.3, -0.25) is 9.89 Å². The highest BCUT2D eigenvalue weighted by atomic mass is 19.4. The highest BCUT2D eigenvalue weighted by Crippen LogP contribution is 2.38. The normalized spacial score (nSPS) is 12.9. The topological polar surface area (TPSA) is 45.8 Å². The molecule has 1 heterocycles. The summed E-state index contributed by atoms with van der Waals surface area (Å²) in [6.07, 6.45) is -9.40. The van der Waals surface area contributed by atoms with E-state index in [1.165, 1.54) is 0 Å². The van der Waals surface area contributed by atoms with Crippen molar-refractivity contribution in [2.24, 2.45) is 0 Å². The van der Waals surface area contributed by atoms with Crippen molar-refractivity contribution in [2.45, 2.75) is 12.4 Å². The van der Waals surface area contributed by atoms with E-state index in [1.807, 2.05) is 5.10 Å². The van der Waals surface area contributed by atoms with Gasteiger partial charge in [0.15, 0.2) is 0 Å². The minimum atomic E-state index is -5.04. The van der Waals surface area contributed by atoms with Gasteiger partial charge in [-0.1, -0.05) is 0 Å². The fraction of sp³-hybridized carbons (Fsp3) is 0.200. The van der Waals surface area contributed by atoms with Crippen LogP contribution in [0.15, 0.2) is 23.1 Å². The SMILES string of the molecule is O=c1cn[nH]c2c(C(F)(F)F)cc(C(F)(F)F)cc12. The summed E-state index contributed by atoms with van der Waals surface area (Å²) in [6, 6.07) is 0.311. The average molecular weight is 282 g/mol. The van der Waals surface area contributed by atoms with Crippen molar-refractivity contribution >= 4 is 10.9 Å². The van der Waals surface area contributed by atoms with Crippen molar-refractivity contribution in [1.29, 1.82) is 0 Å². The van der Waals surface area contributed by atoms with Gasteiger partial charge in [0.25, 0.3) is 0 Å². The lowest BCUT2D eigenvalue weighted by atomic mass is 10.0. The first-order chi connectivity index (χ1) is 8.60. The number of rotatable bonds is 0. The lowest BCUT2D eigenvalue weighted by molar-refractivity contribution is -0.142. The van der Waals surface area contributed by atoms with Crippen LogP contribution in [0.5, 0.6) is 0 Å². The maximum absolute atomic E-state index is 12.7. The first-order valence-corrected chi connectivity index (χ1v) is 4.76. The van der Waals surface area contributed by atoms with Gasteiger partial charge in [-0.15, -0.1) is 0 Å². The number of H-pyrrole nitrogens is 1. The summed E-state index contributed by atoms with van der Waals surface area (Å²) in [6.45, 7) is 0. The molecular weight excluding hydrogens is 278 g/mol. The largest absolute Gasteiger partial charge is 0.418 e. The van der Waals surface area contributed by atoms with Gasteiger partial charge in [-0.05, 0) is 12.1 Å². The summed E-state index contributed by atoms with van der Waals surface area (Å²) < 4.78 is 75.7. The molecule has 1 aromatic carbocycles. The lowest BCUT2D eigenvalue weighted by Crippen LogP contribution is -2.15. The Morgan fingerprint density at radius 2 is 1.63 bits per heavy atom. The van der Waals surface area contributed by atoms with Crippen LogP contribution in [-0.2, 0) is 12.4 Å². The van der Waals surface area contributed by atoms with Crippen molar-refractivity contribution in [2.75, 3.05) is 0 Å². The average Bonchev–Trinajstić information content (AvgIpc) is 2.25. The van der Waals surface area contributed by atoms with Crippen LogP contribution in [0, 0.1) is 0 Å². The van der Waals surface area contributed by atoms with Gasteiger partial charge in [0.2, 0.25) is 5.43 Å². The van der Waals surface area contributed by atoms with E-state index in [4.69, 9.17) is 0 Å². The second-order valence-electron chi connectivity index (χ2n) is 3.68. The summed E-state index contributed by atoms with van der Waals surface area (Å²) >= 11 is 0. The number of benzene rings is 1. The van der Waals surface area contributed by atoms with E-state index in [-0.39, 0.29) is 6.07 Å². The minimum Gasteiger partial charge on any atom is -0.287 e. The van der Waals surface area contributed by atoms with E-state index in [0.29, 0.717) is 12.3 Å². The third kappa shape index (κ3) is 2.40. The van der Waals surface area contributed by atoms with Gasteiger partial charge < -0.3 is 0 Å². The number of hydrogen-bond acceptors (Lipinski definition) is 2. The van der Waals surface area contributed by atoms with E-state index < -0.39 is 39.8 Å². The Morgan fingerprint density at radius 1 is 1.00 bits per heavy atom. The molecule has 9 heteroatoms. The summed E-state index contributed by atoms with van der Waals surface area (Å²) in [7, 11) is 0. The van der Waals surface area contributed by atoms with Crippen molar-refractivity contribution in [3.05, 3.63) is 39.7 Å². The van der Waals surface area contributed by atoms with Crippen LogP contribution in [0.25, 0.3) is 10.9 Å². The number of aromatic nitrogens is 2. The van der Waals surface area contributed by atoms with E-state index >= 15 is 0 Å². The molecule has 0 amide bonds. The number of nitrogens with zero attached hydrogens (tertiary/aromatic N) is 1. The molecule has 1 N–H and O–H groups in total. The van der Waals surface area contributed by atoms with Crippen molar-refractivity contribution in [3.8, 4) is 0 Å². The standard InChI is InChI=1S/C10H4F6N2O/c11-9(12,13)4-1-5-7(19)3-17-18-8(5)6(2-4)10(14,15)16/h1-3H,(H,18,19). The zero-order chi connectivity index (χ0) is 14.4. The Kier molecular flexibility index (Phi) is 2.79. The number of aromatic amines is 1. The predicted octanol–water partition coefficient (Wildman–Crippen LogP) is 2.96. The highest BCUT2D eigenvalue weighted by Gasteiger charge is 2.38. The van der Waals surface area contributed by atoms with Crippen LogP contribution < -0.4 is 5.43 Å². The van der Waals surface area contributed by atoms with E-state index in [9.17, 15) is 31.1 Å². The molecule has 0 bridgehead atoms.